The Morgan fingerprint density at radius 2 is 2.00 bits per heavy atom. The van der Waals surface area contributed by atoms with Gasteiger partial charge in [-0.3, -0.25) is 0 Å². The van der Waals surface area contributed by atoms with E-state index in [1.165, 1.54) is 0 Å². The molecule has 0 saturated heterocycles. The van der Waals surface area contributed by atoms with Gasteiger partial charge in [0.15, 0.2) is 0 Å². The van der Waals surface area contributed by atoms with E-state index in [9.17, 15) is 10.2 Å². The highest BCUT2D eigenvalue weighted by Gasteiger charge is 2.43. The number of aliphatic hydroxyl groups is 2. The third-order valence-corrected chi connectivity index (χ3v) is 7.18. The second-order valence-corrected chi connectivity index (χ2v) is 9.31. The molecule has 4 atom stereocenters. The van der Waals surface area contributed by atoms with Gasteiger partial charge in [0.25, 0.3) is 0 Å². The summed E-state index contributed by atoms with van der Waals surface area (Å²) in [6.07, 6.45) is 2.62. The first-order valence-corrected chi connectivity index (χ1v) is 12.0. The van der Waals surface area contributed by atoms with E-state index >= 15 is 0 Å². The molecule has 0 unspecified atom stereocenters. The van der Waals surface area contributed by atoms with Gasteiger partial charge in [-0.15, -0.1) is 11.3 Å². The molecule has 0 aliphatic heterocycles. The first-order chi connectivity index (χ1) is 17.1. The minimum Gasteiger partial charge on any atom is -0.481 e. The molecule has 35 heavy (non-hydrogen) atoms. The van der Waals surface area contributed by atoms with Crippen LogP contribution in [0.2, 0.25) is 0 Å². The molecule has 0 amide bonds. The Balaban J connectivity index is 1.52. The third-order valence-electron chi connectivity index (χ3n) is 6.11. The van der Waals surface area contributed by atoms with Gasteiger partial charge in [-0.1, -0.05) is 12.1 Å². The fourth-order valence-corrected chi connectivity index (χ4v) is 5.31. The molecule has 1 aliphatic carbocycles. The summed E-state index contributed by atoms with van der Waals surface area (Å²) in [5.41, 5.74) is 2.36. The van der Waals surface area contributed by atoms with E-state index in [1.807, 2.05) is 24.3 Å². The summed E-state index contributed by atoms with van der Waals surface area (Å²) in [4.78, 5) is 18.2. The molecule has 0 bridgehead atoms. The largest absolute Gasteiger partial charge is 0.481 e. The van der Waals surface area contributed by atoms with E-state index in [2.05, 4.69) is 20.6 Å². The van der Waals surface area contributed by atoms with Crippen LogP contribution in [0.15, 0.2) is 48.8 Å². The fourth-order valence-electron chi connectivity index (χ4n) is 4.33. The molecule has 3 heterocycles. The summed E-state index contributed by atoms with van der Waals surface area (Å²) in [6, 6.07) is 11.2. The van der Waals surface area contributed by atoms with Crippen molar-refractivity contribution in [1.29, 1.82) is 0 Å². The molecule has 1 saturated carbocycles. The van der Waals surface area contributed by atoms with Crippen LogP contribution >= 0.6 is 11.3 Å². The first kappa shape index (κ1) is 23.4. The molecule has 5 rings (SSSR count). The minimum atomic E-state index is -0.780. The van der Waals surface area contributed by atoms with Crippen LogP contribution in [-0.4, -0.2) is 69.2 Å². The Labute approximate surface area is 206 Å². The van der Waals surface area contributed by atoms with Crippen LogP contribution in [0.4, 0.5) is 17.5 Å². The summed E-state index contributed by atoms with van der Waals surface area (Å²) >= 11 is 1.55. The van der Waals surface area contributed by atoms with Crippen LogP contribution in [0.1, 0.15) is 6.42 Å². The van der Waals surface area contributed by atoms with Crippen molar-refractivity contribution in [3.8, 4) is 16.5 Å². The van der Waals surface area contributed by atoms with E-state index in [4.69, 9.17) is 19.4 Å². The molecule has 1 aliphatic rings. The number of thiazole rings is 1. The predicted octanol–water partition coefficient (Wildman–Crippen LogP) is 3.07. The monoisotopic (exact) mass is 494 g/mol. The number of hydrogen-bond donors (Lipinski definition) is 4. The van der Waals surface area contributed by atoms with Crippen molar-refractivity contribution < 1.29 is 19.7 Å². The number of benzene rings is 1. The van der Waals surface area contributed by atoms with Crippen molar-refractivity contribution in [2.75, 3.05) is 31.5 Å². The number of nitrogens with one attached hydrogen (secondary N) is 2. The van der Waals surface area contributed by atoms with Crippen molar-refractivity contribution in [2.24, 2.45) is 5.92 Å². The van der Waals surface area contributed by atoms with Gasteiger partial charge in [-0.2, -0.15) is 4.98 Å². The Morgan fingerprint density at radius 1 is 1.14 bits per heavy atom. The zero-order chi connectivity index (χ0) is 24.4. The summed E-state index contributed by atoms with van der Waals surface area (Å²) < 4.78 is 11.8. The van der Waals surface area contributed by atoms with Crippen molar-refractivity contribution in [3.05, 3.63) is 48.8 Å². The highest BCUT2D eigenvalue weighted by Crippen LogP contribution is 2.37. The summed E-state index contributed by atoms with van der Waals surface area (Å²) in [5.74, 6) is 1.11. The van der Waals surface area contributed by atoms with Crippen molar-refractivity contribution >= 4 is 39.0 Å². The van der Waals surface area contributed by atoms with Crippen molar-refractivity contribution in [3.63, 3.8) is 0 Å². The van der Waals surface area contributed by atoms with E-state index < -0.39 is 12.2 Å². The number of anilines is 3. The Kier molecular flexibility index (Phi) is 6.73. The van der Waals surface area contributed by atoms with E-state index in [0.29, 0.717) is 24.1 Å². The second kappa shape index (κ2) is 10.1. The lowest BCUT2D eigenvalue weighted by molar-refractivity contribution is -0.0200. The maximum atomic E-state index is 10.6. The maximum absolute atomic E-state index is 10.6. The maximum Gasteiger partial charge on any atom is 0.229 e. The minimum absolute atomic E-state index is 0.121. The van der Waals surface area contributed by atoms with Gasteiger partial charge in [-0.25, -0.2) is 15.0 Å². The van der Waals surface area contributed by atoms with Gasteiger partial charge < -0.3 is 30.3 Å². The van der Waals surface area contributed by atoms with E-state index in [-0.39, 0.29) is 18.6 Å². The number of nitrogens with zero attached hydrogens (tertiary/aromatic N) is 4. The second-order valence-electron chi connectivity index (χ2n) is 8.27. The van der Waals surface area contributed by atoms with Crippen LogP contribution in [0, 0.1) is 5.92 Å². The molecule has 0 spiro atoms. The van der Waals surface area contributed by atoms with Crippen LogP contribution in [0.25, 0.3) is 20.8 Å². The highest BCUT2D eigenvalue weighted by molar-refractivity contribution is 7.21. The number of aromatic nitrogens is 4. The average molecular weight is 495 g/mol. The van der Waals surface area contributed by atoms with Gasteiger partial charge in [0.05, 0.1) is 35.0 Å². The molecular weight excluding hydrogens is 468 g/mol. The van der Waals surface area contributed by atoms with Gasteiger partial charge in [-0.05, 0) is 24.6 Å². The molecule has 10 nitrogen and oxygen atoms in total. The molecule has 4 N–H and O–H groups in total. The highest BCUT2D eigenvalue weighted by atomic mass is 32.1. The van der Waals surface area contributed by atoms with Gasteiger partial charge in [0.2, 0.25) is 11.8 Å². The SMILES string of the molecule is COc1cc(Nc2ncc(-c3nc4ccccc4s3)c(N[C@@H]3C[C@H](CO)[C@@H](O)[C@H]3OC)n2)ccn1. The standard InChI is InChI=1S/C24H26N6O4S/c1-33-19-10-14(7-8-25-19)27-24-26-11-15(23-29-16-5-3-4-6-18(16)35-23)22(30-24)28-17-9-13(12-31)20(32)21(17)34-2/h3-8,10-11,13,17,20-21,31-32H,9,12H2,1-2H3,(H2,25,26,27,28,30)/t13-,17-,20-,21+/m1/s1. The number of hydrogen-bond acceptors (Lipinski definition) is 11. The normalized spacial score (nSPS) is 21.8. The average Bonchev–Trinajstić information content (AvgIpc) is 3.44. The van der Waals surface area contributed by atoms with Crippen LogP contribution in [-0.2, 0) is 4.74 Å². The topological polar surface area (TPSA) is 135 Å². The number of pyridine rings is 1. The molecule has 3 aromatic heterocycles. The van der Waals surface area contributed by atoms with E-state index in [0.717, 1.165) is 26.5 Å². The molecule has 182 valence electrons. The Bertz CT molecular complexity index is 1290. The lowest BCUT2D eigenvalue weighted by atomic mass is 10.1. The smallest absolute Gasteiger partial charge is 0.229 e. The first-order valence-electron chi connectivity index (χ1n) is 11.2. The fraction of sp³-hybridized carbons (Fsp3) is 0.333. The number of methoxy groups -OCH3 is 2. The lowest BCUT2D eigenvalue weighted by Gasteiger charge is -2.23. The van der Waals surface area contributed by atoms with Gasteiger partial charge in [0, 0.05) is 43.8 Å². The molecule has 1 aromatic carbocycles. The predicted molar refractivity (Wildman–Crippen MR) is 134 cm³/mol. The summed E-state index contributed by atoms with van der Waals surface area (Å²) in [7, 11) is 3.11. The molecular formula is C24H26N6O4S. The van der Waals surface area contributed by atoms with Gasteiger partial charge in [0.1, 0.15) is 16.9 Å². The van der Waals surface area contributed by atoms with E-state index in [1.54, 1.807) is 50.1 Å². The van der Waals surface area contributed by atoms with Crippen LogP contribution in [0.5, 0.6) is 5.88 Å². The quantitative estimate of drug-likeness (QED) is 0.289. The zero-order valence-electron chi connectivity index (χ0n) is 19.3. The summed E-state index contributed by atoms with van der Waals surface area (Å²) in [6.45, 7) is -0.121. The Hall–Kier alpha value is -3.38. The third kappa shape index (κ3) is 4.76. The molecule has 4 aromatic rings. The molecule has 0 radical (unpaired) electrons. The number of rotatable bonds is 8. The van der Waals surface area contributed by atoms with Crippen molar-refractivity contribution in [1.82, 2.24) is 19.9 Å². The lowest BCUT2D eigenvalue weighted by Crippen LogP contribution is -2.37. The number of para-hydroxylation sites is 1. The summed E-state index contributed by atoms with van der Waals surface area (Å²) in [5, 5.41) is 27.7. The Morgan fingerprint density at radius 3 is 2.77 bits per heavy atom. The number of ether oxygens (including phenoxy) is 2. The molecule has 1 fully saturated rings. The van der Waals surface area contributed by atoms with Crippen LogP contribution in [0.3, 0.4) is 0 Å². The van der Waals surface area contributed by atoms with Crippen LogP contribution < -0.4 is 15.4 Å². The van der Waals surface area contributed by atoms with Gasteiger partial charge >= 0.3 is 0 Å². The zero-order valence-corrected chi connectivity index (χ0v) is 20.1. The molecule has 11 heteroatoms. The number of aliphatic hydroxyl groups excluding tert-OH is 2. The number of fused-ring (bicyclic) bond motifs is 1. The van der Waals surface area contributed by atoms with Crippen molar-refractivity contribution in [2.45, 2.75) is 24.7 Å².